The van der Waals surface area contributed by atoms with Gasteiger partial charge in [0.25, 0.3) is 5.91 Å². The summed E-state index contributed by atoms with van der Waals surface area (Å²) >= 11 is 0. The topological polar surface area (TPSA) is 88.5 Å². The molecule has 0 radical (unpaired) electrons. The second-order valence-electron chi connectivity index (χ2n) is 9.81. The van der Waals surface area contributed by atoms with E-state index in [9.17, 15) is 9.59 Å². The summed E-state index contributed by atoms with van der Waals surface area (Å²) < 4.78 is 7.84. The highest BCUT2D eigenvalue weighted by Crippen LogP contribution is 2.36. The lowest BCUT2D eigenvalue weighted by molar-refractivity contribution is 0.0430. The number of aromatic nitrogens is 2. The number of imidazole rings is 1. The number of ether oxygens (including phenoxy) is 1. The summed E-state index contributed by atoms with van der Waals surface area (Å²) in [5, 5.41) is 6.02. The third kappa shape index (κ3) is 5.54. The highest BCUT2D eigenvalue weighted by Gasteiger charge is 2.35. The van der Waals surface area contributed by atoms with E-state index in [0.29, 0.717) is 12.2 Å². The number of carbonyl (C=O) groups is 2. The van der Waals surface area contributed by atoms with E-state index in [-0.39, 0.29) is 24.1 Å². The van der Waals surface area contributed by atoms with Crippen molar-refractivity contribution in [3.05, 3.63) is 78.2 Å². The van der Waals surface area contributed by atoms with Gasteiger partial charge >= 0.3 is 6.09 Å². The molecule has 1 saturated carbocycles. The van der Waals surface area contributed by atoms with Crippen molar-refractivity contribution in [1.29, 1.82) is 0 Å². The van der Waals surface area contributed by atoms with Crippen molar-refractivity contribution in [2.24, 2.45) is 0 Å². The minimum atomic E-state index is -0.431. The van der Waals surface area contributed by atoms with Crippen molar-refractivity contribution in [1.82, 2.24) is 25.1 Å². The van der Waals surface area contributed by atoms with Crippen LogP contribution in [-0.4, -0.2) is 65.3 Å². The molecule has 5 rings (SSSR count). The summed E-state index contributed by atoms with van der Waals surface area (Å²) in [6.07, 6.45) is 5.51. The molecule has 3 atom stereocenters. The molecule has 0 spiro atoms. The van der Waals surface area contributed by atoms with Crippen LogP contribution in [0.2, 0.25) is 0 Å². The molecule has 8 nitrogen and oxygen atoms in total. The molecule has 194 valence electrons. The summed E-state index contributed by atoms with van der Waals surface area (Å²) in [5.74, 6) is -0.0559. The van der Waals surface area contributed by atoms with Gasteiger partial charge in [0.2, 0.25) is 0 Å². The summed E-state index contributed by atoms with van der Waals surface area (Å²) in [4.78, 5) is 32.9. The number of nitrogens with zero attached hydrogens (tertiary/aromatic N) is 3. The van der Waals surface area contributed by atoms with Crippen molar-refractivity contribution in [3.8, 4) is 11.3 Å². The average Bonchev–Trinajstić information content (AvgIpc) is 3.39. The van der Waals surface area contributed by atoms with Gasteiger partial charge in [-0.2, -0.15) is 0 Å². The third-order valence-corrected chi connectivity index (χ3v) is 7.46. The standard InChI is InChI=1S/C29H35N5O3/c1-30-29(36)37-25-15-9-8-14-24(25)34-20-32-26(27(34)22-12-6-3-7-13-22)28(35)33-17-16-31-19-23(33)18-21-10-4-2-5-11-21/h2-7,10-13,20,23-25,31H,8-9,14-19H2,1H3,(H,30,36)/t23-,24?,25?/m0/s1. The van der Waals surface area contributed by atoms with Gasteiger partial charge in [0.15, 0.2) is 5.69 Å². The largest absolute Gasteiger partial charge is 0.444 e. The van der Waals surface area contributed by atoms with Crippen LogP contribution in [0.1, 0.15) is 47.8 Å². The van der Waals surface area contributed by atoms with E-state index in [1.54, 1.807) is 13.4 Å². The van der Waals surface area contributed by atoms with Crippen molar-refractivity contribution in [2.75, 3.05) is 26.7 Å². The first-order chi connectivity index (χ1) is 18.2. The average molecular weight is 502 g/mol. The molecule has 3 aromatic rings. The van der Waals surface area contributed by atoms with Crippen LogP contribution in [-0.2, 0) is 11.2 Å². The van der Waals surface area contributed by atoms with E-state index in [0.717, 1.165) is 56.5 Å². The maximum Gasteiger partial charge on any atom is 0.407 e. The van der Waals surface area contributed by atoms with E-state index < -0.39 is 6.09 Å². The normalized spacial score (nSPS) is 21.9. The maximum absolute atomic E-state index is 14.1. The first-order valence-electron chi connectivity index (χ1n) is 13.2. The number of nitrogens with one attached hydrogen (secondary N) is 2. The molecule has 8 heteroatoms. The lowest BCUT2D eigenvalue weighted by Crippen LogP contribution is -2.54. The predicted molar refractivity (Wildman–Crippen MR) is 142 cm³/mol. The van der Waals surface area contributed by atoms with Gasteiger partial charge in [-0.1, -0.05) is 67.1 Å². The quantitative estimate of drug-likeness (QED) is 0.532. The summed E-state index contributed by atoms with van der Waals surface area (Å²) in [7, 11) is 1.57. The van der Waals surface area contributed by atoms with Crippen molar-refractivity contribution < 1.29 is 14.3 Å². The van der Waals surface area contributed by atoms with E-state index >= 15 is 0 Å². The number of hydrogen-bond acceptors (Lipinski definition) is 5. The van der Waals surface area contributed by atoms with Crippen LogP contribution in [0.4, 0.5) is 4.79 Å². The molecule has 2 heterocycles. The molecule has 2 unspecified atom stereocenters. The van der Waals surface area contributed by atoms with Crippen LogP contribution >= 0.6 is 0 Å². The van der Waals surface area contributed by atoms with Gasteiger partial charge < -0.3 is 24.8 Å². The second-order valence-corrected chi connectivity index (χ2v) is 9.81. The molecule has 2 fully saturated rings. The Bertz CT molecular complexity index is 1200. The number of benzene rings is 2. The van der Waals surface area contributed by atoms with Crippen LogP contribution < -0.4 is 10.6 Å². The Morgan fingerprint density at radius 3 is 2.54 bits per heavy atom. The number of amides is 2. The van der Waals surface area contributed by atoms with Crippen LogP contribution in [0, 0.1) is 0 Å². The van der Waals surface area contributed by atoms with E-state index in [4.69, 9.17) is 9.72 Å². The van der Waals surface area contributed by atoms with Gasteiger partial charge in [-0.05, 0) is 31.2 Å². The van der Waals surface area contributed by atoms with Crippen LogP contribution in [0.3, 0.4) is 0 Å². The SMILES string of the molecule is CNC(=O)OC1CCCCC1n1cnc(C(=O)N2CCNC[C@@H]2Cc2ccccc2)c1-c1ccccc1. The Morgan fingerprint density at radius 2 is 1.78 bits per heavy atom. The number of piperazine rings is 1. The van der Waals surface area contributed by atoms with Gasteiger partial charge in [-0.3, -0.25) is 4.79 Å². The van der Waals surface area contributed by atoms with E-state index in [2.05, 4.69) is 27.3 Å². The molecular formula is C29H35N5O3. The number of carbonyl (C=O) groups excluding carboxylic acids is 2. The Kier molecular flexibility index (Phi) is 7.84. The van der Waals surface area contributed by atoms with Gasteiger partial charge in [0.05, 0.1) is 18.1 Å². The zero-order valence-corrected chi connectivity index (χ0v) is 21.3. The molecule has 37 heavy (non-hydrogen) atoms. The summed E-state index contributed by atoms with van der Waals surface area (Å²) in [5.41, 5.74) is 3.39. The zero-order chi connectivity index (χ0) is 25.6. The lowest BCUT2D eigenvalue weighted by atomic mass is 9.91. The van der Waals surface area contributed by atoms with Crippen molar-refractivity contribution in [3.63, 3.8) is 0 Å². The minimum absolute atomic E-state index is 0.0384. The first-order valence-corrected chi connectivity index (χ1v) is 13.2. The Hall–Kier alpha value is -3.65. The highest BCUT2D eigenvalue weighted by molar-refractivity contribution is 5.98. The smallest absolute Gasteiger partial charge is 0.407 e. The molecule has 1 aliphatic carbocycles. The minimum Gasteiger partial charge on any atom is -0.444 e. The molecule has 1 aromatic heterocycles. The fraction of sp³-hybridized carbons (Fsp3) is 0.414. The number of hydrogen-bond donors (Lipinski definition) is 2. The van der Waals surface area contributed by atoms with Crippen LogP contribution in [0.25, 0.3) is 11.3 Å². The first kappa shape index (κ1) is 25.0. The lowest BCUT2D eigenvalue weighted by Gasteiger charge is -2.36. The van der Waals surface area contributed by atoms with Gasteiger partial charge in [-0.15, -0.1) is 0 Å². The fourth-order valence-electron chi connectivity index (χ4n) is 5.61. The predicted octanol–water partition coefficient (Wildman–Crippen LogP) is 4.05. The Balaban J connectivity index is 1.50. The van der Waals surface area contributed by atoms with Crippen LogP contribution in [0.5, 0.6) is 0 Å². The van der Waals surface area contributed by atoms with Crippen molar-refractivity contribution >= 4 is 12.0 Å². The van der Waals surface area contributed by atoms with Gasteiger partial charge in [0, 0.05) is 38.3 Å². The molecule has 1 aliphatic heterocycles. The maximum atomic E-state index is 14.1. The highest BCUT2D eigenvalue weighted by atomic mass is 16.6. The Morgan fingerprint density at radius 1 is 1.05 bits per heavy atom. The summed E-state index contributed by atoms with van der Waals surface area (Å²) in [6.45, 7) is 2.12. The van der Waals surface area contributed by atoms with Crippen LogP contribution in [0.15, 0.2) is 67.0 Å². The fourth-order valence-corrected chi connectivity index (χ4v) is 5.61. The Labute approximate surface area is 218 Å². The number of alkyl carbamates (subject to hydrolysis) is 1. The van der Waals surface area contributed by atoms with E-state index in [1.807, 2.05) is 53.4 Å². The molecule has 2 amide bonds. The van der Waals surface area contributed by atoms with Gasteiger partial charge in [-0.25, -0.2) is 9.78 Å². The van der Waals surface area contributed by atoms with E-state index in [1.165, 1.54) is 5.56 Å². The molecule has 0 bridgehead atoms. The summed E-state index contributed by atoms with van der Waals surface area (Å²) in [6, 6.07) is 20.2. The van der Waals surface area contributed by atoms with Gasteiger partial charge in [0.1, 0.15) is 6.10 Å². The molecule has 2 aliphatic rings. The zero-order valence-electron chi connectivity index (χ0n) is 21.3. The molecular weight excluding hydrogens is 466 g/mol. The number of rotatable bonds is 6. The molecule has 2 aromatic carbocycles. The second kappa shape index (κ2) is 11.6. The molecule has 1 saturated heterocycles. The molecule has 2 N–H and O–H groups in total. The monoisotopic (exact) mass is 501 g/mol. The third-order valence-electron chi connectivity index (χ3n) is 7.46. The van der Waals surface area contributed by atoms with Crippen molar-refractivity contribution in [2.45, 2.75) is 50.3 Å².